The van der Waals surface area contributed by atoms with Crippen molar-refractivity contribution in [3.05, 3.63) is 40.3 Å². The van der Waals surface area contributed by atoms with Gasteiger partial charge in [0.15, 0.2) is 0 Å². The molecule has 0 aromatic carbocycles. The number of nitrogens with zero attached hydrogens (tertiary/aromatic N) is 4. The number of rotatable bonds is 7. The third-order valence-corrected chi connectivity index (χ3v) is 5.60. The molecule has 0 saturated carbocycles. The van der Waals surface area contributed by atoms with Crippen molar-refractivity contribution < 1.29 is 0 Å². The molecule has 2 aromatic rings. The molecule has 0 bridgehead atoms. The number of aromatic nitrogens is 2. The number of hydrogen-bond acceptors (Lipinski definition) is 4. The number of fused-ring (bicyclic) bond motifs is 1. The van der Waals surface area contributed by atoms with Gasteiger partial charge in [0.05, 0.1) is 5.69 Å². The van der Waals surface area contributed by atoms with Crippen molar-refractivity contribution >= 4 is 11.3 Å². The minimum atomic E-state index is 0.676. The molecule has 0 saturated heterocycles. The highest BCUT2D eigenvalue weighted by Crippen LogP contribution is 2.21. The maximum Gasteiger partial charge on any atom is 0.0524 e. The van der Waals surface area contributed by atoms with Crippen LogP contribution in [0.3, 0.4) is 0 Å². The van der Waals surface area contributed by atoms with Gasteiger partial charge in [-0.1, -0.05) is 13.8 Å². The molecule has 23 heavy (non-hydrogen) atoms. The molecule has 1 aliphatic heterocycles. The van der Waals surface area contributed by atoms with Crippen molar-refractivity contribution in [2.24, 2.45) is 5.92 Å². The molecule has 0 aliphatic carbocycles. The van der Waals surface area contributed by atoms with E-state index in [1.54, 1.807) is 11.3 Å². The van der Waals surface area contributed by atoms with Crippen molar-refractivity contribution in [2.45, 2.75) is 39.9 Å². The summed E-state index contributed by atoms with van der Waals surface area (Å²) in [5.41, 5.74) is 2.79. The topological polar surface area (TPSA) is 24.3 Å². The summed E-state index contributed by atoms with van der Waals surface area (Å²) in [4.78, 5) is 5.12. The van der Waals surface area contributed by atoms with Gasteiger partial charge < -0.3 is 4.90 Å². The molecular weight excluding hydrogens is 304 g/mol. The van der Waals surface area contributed by atoms with Crippen molar-refractivity contribution in [1.29, 1.82) is 0 Å². The summed E-state index contributed by atoms with van der Waals surface area (Å²) in [5.74, 6) is 0.676. The first kappa shape index (κ1) is 16.7. The van der Waals surface area contributed by atoms with Gasteiger partial charge in [-0.2, -0.15) is 16.4 Å². The van der Waals surface area contributed by atoms with E-state index in [9.17, 15) is 0 Å². The Hall–Kier alpha value is -1.17. The molecule has 3 heterocycles. The largest absolute Gasteiger partial charge is 0.304 e. The molecule has 5 heteroatoms. The monoisotopic (exact) mass is 332 g/mol. The lowest BCUT2D eigenvalue weighted by molar-refractivity contribution is 0.196. The van der Waals surface area contributed by atoms with E-state index >= 15 is 0 Å². The maximum atomic E-state index is 4.54. The molecule has 3 rings (SSSR count). The SMILES string of the molecule is CCN(CC)CCC1CN(Cc2ccsc2)Cc2ccnn2C1. The molecule has 1 aliphatic rings. The second-order valence-electron chi connectivity index (χ2n) is 6.49. The Kier molecular flexibility index (Phi) is 5.86. The molecule has 2 aromatic heterocycles. The van der Waals surface area contributed by atoms with Crippen LogP contribution in [0, 0.1) is 5.92 Å². The summed E-state index contributed by atoms with van der Waals surface area (Å²) in [7, 11) is 0. The van der Waals surface area contributed by atoms with Crippen molar-refractivity contribution in [3.8, 4) is 0 Å². The predicted octanol–water partition coefficient (Wildman–Crippen LogP) is 3.31. The van der Waals surface area contributed by atoms with Crippen LogP contribution >= 0.6 is 11.3 Å². The van der Waals surface area contributed by atoms with E-state index < -0.39 is 0 Å². The lowest BCUT2D eigenvalue weighted by Gasteiger charge is -2.26. The van der Waals surface area contributed by atoms with Crippen molar-refractivity contribution in [2.75, 3.05) is 26.2 Å². The lowest BCUT2D eigenvalue weighted by Crippen LogP contribution is -2.31. The van der Waals surface area contributed by atoms with Gasteiger partial charge in [-0.15, -0.1) is 0 Å². The Bertz CT molecular complexity index is 574. The molecule has 4 nitrogen and oxygen atoms in total. The van der Waals surface area contributed by atoms with E-state index in [0.29, 0.717) is 5.92 Å². The summed E-state index contributed by atoms with van der Waals surface area (Å²) in [6.07, 6.45) is 3.20. The zero-order chi connectivity index (χ0) is 16.1. The van der Waals surface area contributed by atoms with Gasteiger partial charge in [0.1, 0.15) is 0 Å². The smallest absolute Gasteiger partial charge is 0.0524 e. The summed E-state index contributed by atoms with van der Waals surface area (Å²) < 4.78 is 2.22. The average Bonchev–Trinajstić information content (AvgIpc) is 3.18. The quantitative estimate of drug-likeness (QED) is 0.777. The molecular formula is C18H28N4S. The van der Waals surface area contributed by atoms with Gasteiger partial charge in [-0.25, -0.2) is 0 Å². The highest BCUT2D eigenvalue weighted by atomic mass is 32.1. The second kappa shape index (κ2) is 8.08. The molecule has 1 unspecified atom stereocenters. The Morgan fingerprint density at radius 1 is 1.26 bits per heavy atom. The first-order chi connectivity index (χ1) is 11.3. The number of thiophene rings is 1. The Balaban J connectivity index is 1.67. The van der Waals surface area contributed by atoms with Crippen LogP contribution in [0.25, 0.3) is 0 Å². The standard InChI is InChI=1S/C18H28N4S/c1-3-20(4-2)9-6-16-11-21(12-17-7-10-23-15-17)14-18-5-8-19-22(18)13-16/h5,7-8,10,15-16H,3-4,6,9,11-14H2,1-2H3. The van der Waals surface area contributed by atoms with Crippen LogP contribution in [-0.4, -0.2) is 45.8 Å². The molecule has 0 amide bonds. The summed E-state index contributed by atoms with van der Waals surface area (Å²) in [6.45, 7) is 12.3. The van der Waals surface area contributed by atoms with Gasteiger partial charge in [0.25, 0.3) is 0 Å². The summed E-state index contributed by atoms with van der Waals surface area (Å²) in [5, 5.41) is 8.99. The zero-order valence-corrected chi connectivity index (χ0v) is 15.1. The lowest BCUT2D eigenvalue weighted by atomic mass is 10.0. The first-order valence-electron chi connectivity index (χ1n) is 8.75. The molecule has 0 N–H and O–H groups in total. The van der Waals surface area contributed by atoms with Crippen LogP contribution in [0.4, 0.5) is 0 Å². The fourth-order valence-corrected chi connectivity index (χ4v) is 4.13. The Labute approximate surface area is 143 Å². The second-order valence-corrected chi connectivity index (χ2v) is 7.27. The van der Waals surface area contributed by atoms with Gasteiger partial charge in [0, 0.05) is 32.4 Å². The fourth-order valence-electron chi connectivity index (χ4n) is 3.47. The van der Waals surface area contributed by atoms with E-state index in [1.165, 1.54) is 30.8 Å². The third-order valence-electron chi connectivity index (χ3n) is 4.87. The minimum Gasteiger partial charge on any atom is -0.304 e. The molecule has 1 atom stereocenters. The minimum absolute atomic E-state index is 0.676. The van der Waals surface area contributed by atoms with Crippen molar-refractivity contribution in [3.63, 3.8) is 0 Å². The highest BCUT2D eigenvalue weighted by Gasteiger charge is 2.22. The van der Waals surface area contributed by atoms with Crippen LogP contribution in [0.2, 0.25) is 0 Å². The van der Waals surface area contributed by atoms with E-state index in [-0.39, 0.29) is 0 Å². The van der Waals surface area contributed by atoms with Crippen LogP contribution in [0.1, 0.15) is 31.5 Å². The third kappa shape index (κ3) is 4.43. The van der Waals surface area contributed by atoms with Gasteiger partial charge >= 0.3 is 0 Å². The highest BCUT2D eigenvalue weighted by molar-refractivity contribution is 7.07. The van der Waals surface area contributed by atoms with E-state index in [1.807, 2.05) is 6.20 Å². The van der Waals surface area contributed by atoms with E-state index in [4.69, 9.17) is 0 Å². The molecule has 0 radical (unpaired) electrons. The van der Waals surface area contributed by atoms with Gasteiger partial charge in [-0.3, -0.25) is 9.58 Å². The zero-order valence-electron chi connectivity index (χ0n) is 14.3. The van der Waals surface area contributed by atoms with Crippen molar-refractivity contribution in [1.82, 2.24) is 19.6 Å². The molecule has 0 fully saturated rings. The van der Waals surface area contributed by atoms with Crippen LogP contribution < -0.4 is 0 Å². The maximum absolute atomic E-state index is 4.54. The summed E-state index contributed by atoms with van der Waals surface area (Å²) in [6, 6.07) is 4.42. The number of hydrogen-bond donors (Lipinski definition) is 0. The average molecular weight is 333 g/mol. The Morgan fingerprint density at radius 3 is 2.87 bits per heavy atom. The summed E-state index contributed by atoms with van der Waals surface area (Å²) >= 11 is 1.79. The van der Waals surface area contributed by atoms with Crippen LogP contribution in [-0.2, 0) is 19.6 Å². The van der Waals surface area contributed by atoms with Gasteiger partial charge in [-0.05, 0) is 60.4 Å². The molecule has 0 spiro atoms. The first-order valence-corrected chi connectivity index (χ1v) is 9.69. The Morgan fingerprint density at radius 2 is 2.13 bits per heavy atom. The van der Waals surface area contributed by atoms with E-state index in [0.717, 1.165) is 32.7 Å². The van der Waals surface area contributed by atoms with Crippen LogP contribution in [0.5, 0.6) is 0 Å². The fraction of sp³-hybridized carbons (Fsp3) is 0.611. The molecule has 126 valence electrons. The predicted molar refractivity (Wildman–Crippen MR) is 96.6 cm³/mol. The van der Waals surface area contributed by atoms with Crippen LogP contribution in [0.15, 0.2) is 29.1 Å². The van der Waals surface area contributed by atoms with Gasteiger partial charge in [0.2, 0.25) is 0 Å². The normalized spacial score (nSPS) is 19.0. The van der Waals surface area contributed by atoms with E-state index in [2.05, 4.69) is 56.3 Å².